The molecule has 2 N–H and O–H groups in total. The molecule has 0 aliphatic carbocycles. The number of rotatable bonds is 3. The van der Waals surface area contributed by atoms with E-state index in [-0.39, 0.29) is 6.04 Å². The third kappa shape index (κ3) is 2.51. The van der Waals surface area contributed by atoms with E-state index < -0.39 is 0 Å². The van der Waals surface area contributed by atoms with Gasteiger partial charge in [-0.25, -0.2) is 4.98 Å². The van der Waals surface area contributed by atoms with Crippen LogP contribution in [0.15, 0.2) is 39.4 Å². The van der Waals surface area contributed by atoms with Crippen LogP contribution in [0.2, 0.25) is 0 Å². The summed E-state index contributed by atoms with van der Waals surface area (Å²) in [7, 11) is 0. The van der Waals surface area contributed by atoms with Crippen LogP contribution >= 0.6 is 15.9 Å². The van der Waals surface area contributed by atoms with Crippen molar-refractivity contribution in [3.8, 4) is 0 Å². The first kappa shape index (κ1) is 11.4. The van der Waals surface area contributed by atoms with E-state index in [1.807, 2.05) is 31.2 Å². The van der Waals surface area contributed by atoms with Crippen LogP contribution in [0, 0.1) is 0 Å². The molecule has 0 saturated carbocycles. The van der Waals surface area contributed by atoms with Crippen LogP contribution in [-0.4, -0.2) is 4.98 Å². The summed E-state index contributed by atoms with van der Waals surface area (Å²) in [4.78, 5) is 4.21. The lowest BCUT2D eigenvalue weighted by Crippen LogP contribution is -2.02. The van der Waals surface area contributed by atoms with E-state index in [0.717, 1.165) is 15.8 Å². The number of hydrogen-bond acceptors (Lipinski definition) is 3. The number of oxazole rings is 1. The van der Waals surface area contributed by atoms with Crippen molar-refractivity contribution in [3.63, 3.8) is 0 Å². The minimum absolute atomic E-state index is 0.111. The molecule has 1 aromatic heterocycles. The maximum absolute atomic E-state index is 5.71. The molecule has 2 aromatic rings. The molecule has 4 heteroatoms. The van der Waals surface area contributed by atoms with Crippen molar-refractivity contribution in [2.24, 2.45) is 5.73 Å². The van der Waals surface area contributed by atoms with Crippen LogP contribution in [0.25, 0.3) is 0 Å². The minimum Gasteiger partial charge on any atom is -0.444 e. The summed E-state index contributed by atoms with van der Waals surface area (Å²) in [6.07, 6.45) is 2.37. The van der Waals surface area contributed by atoms with Gasteiger partial charge in [-0.3, -0.25) is 0 Å². The van der Waals surface area contributed by atoms with Crippen molar-refractivity contribution >= 4 is 15.9 Å². The first-order valence-electron chi connectivity index (χ1n) is 5.10. The van der Waals surface area contributed by atoms with Crippen molar-refractivity contribution in [1.82, 2.24) is 4.98 Å². The van der Waals surface area contributed by atoms with Gasteiger partial charge in [0.05, 0.1) is 18.7 Å². The Bertz CT molecular complexity index is 479. The number of halogens is 1. The van der Waals surface area contributed by atoms with Crippen LogP contribution in [0.5, 0.6) is 0 Å². The maximum Gasteiger partial charge on any atom is 0.198 e. The van der Waals surface area contributed by atoms with Crippen molar-refractivity contribution in [2.45, 2.75) is 19.4 Å². The summed E-state index contributed by atoms with van der Waals surface area (Å²) < 4.78 is 6.61. The highest BCUT2D eigenvalue weighted by Gasteiger charge is 2.09. The number of aromatic nitrogens is 1. The quantitative estimate of drug-likeness (QED) is 0.940. The molecule has 0 spiro atoms. The monoisotopic (exact) mass is 280 g/mol. The number of benzene rings is 1. The molecule has 1 atom stereocenters. The zero-order chi connectivity index (χ0) is 11.5. The standard InChI is InChI=1S/C12H13BrN2O/c1-8(14)11-7-15-12(16-11)6-9-4-2-3-5-10(9)13/h2-5,7-8H,6,14H2,1H3. The van der Waals surface area contributed by atoms with Crippen molar-refractivity contribution in [2.75, 3.05) is 0 Å². The first-order chi connectivity index (χ1) is 7.66. The van der Waals surface area contributed by atoms with Crippen LogP contribution < -0.4 is 5.73 Å². The number of hydrogen-bond donors (Lipinski definition) is 1. The lowest BCUT2D eigenvalue weighted by Gasteiger charge is -2.01. The van der Waals surface area contributed by atoms with Gasteiger partial charge in [-0.2, -0.15) is 0 Å². The van der Waals surface area contributed by atoms with Gasteiger partial charge in [0.15, 0.2) is 5.89 Å². The fourth-order valence-electron chi connectivity index (χ4n) is 1.42. The summed E-state index contributed by atoms with van der Waals surface area (Å²) in [6.45, 7) is 1.88. The molecule has 0 bridgehead atoms. The van der Waals surface area contributed by atoms with E-state index >= 15 is 0 Å². The first-order valence-corrected chi connectivity index (χ1v) is 5.89. The summed E-state index contributed by atoms with van der Waals surface area (Å²) in [5.74, 6) is 1.42. The third-order valence-corrected chi connectivity index (χ3v) is 3.09. The smallest absolute Gasteiger partial charge is 0.198 e. The fraction of sp³-hybridized carbons (Fsp3) is 0.250. The van der Waals surface area contributed by atoms with Crippen molar-refractivity contribution < 1.29 is 4.42 Å². The zero-order valence-corrected chi connectivity index (χ0v) is 10.6. The average Bonchev–Trinajstić information content (AvgIpc) is 2.70. The number of nitrogens with two attached hydrogens (primary N) is 1. The van der Waals surface area contributed by atoms with Gasteiger partial charge in [0.2, 0.25) is 0 Å². The third-order valence-electron chi connectivity index (χ3n) is 2.32. The minimum atomic E-state index is -0.111. The molecule has 2 rings (SSSR count). The molecular weight excluding hydrogens is 268 g/mol. The van der Waals surface area contributed by atoms with Gasteiger partial charge in [0, 0.05) is 4.47 Å². The Kier molecular flexibility index (Phi) is 3.41. The highest BCUT2D eigenvalue weighted by atomic mass is 79.9. The SMILES string of the molecule is CC(N)c1cnc(Cc2ccccc2Br)o1. The largest absolute Gasteiger partial charge is 0.444 e. The molecule has 0 aliphatic heterocycles. The summed E-state index contributed by atoms with van der Waals surface area (Å²) in [5, 5.41) is 0. The molecule has 0 aliphatic rings. The van der Waals surface area contributed by atoms with Crippen molar-refractivity contribution in [3.05, 3.63) is 52.1 Å². The van der Waals surface area contributed by atoms with Gasteiger partial charge in [-0.15, -0.1) is 0 Å². The van der Waals surface area contributed by atoms with E-state index in [9.17, 15) is 0 Å². The van der Waals surface area contributed by atoms with Gasteiger partial charge in [-0.1, -0.05) is 34.1 Å². The Morgan fingerprint density at radius 1 is 1.44 bits per heavy atom. The van der Waals surface area contributed by atoms with Crippen LogP contribution in [-0.2, 0) is 6.42 Å². The molecule has 84 valence electrons. The van der Waals surface area contributed by atoms with Gasteiger partial charge in [0.1, 0.15) is 5.76 Å². The van der Waals surface area contributed by atoms with Crippen molar-refractivity contribution in [1.29, 1.82) is 0 Å². The highest BCUT2D eigenvalue weighted by molar-refractivity contribution is 9.10. The maximum atomic E-state index is 5.71. The second-order valence-electron chi connectivity index (χ2n) is 3.71. The van der Waals surface area contributed by atoms with Gasteiger partial charge >= 0.3 is 0 Å². The van der Waals surface area contributed by atoms with E-state index in [1.54, 1.807) is 6.20 Å². The molecule has 0 fully saturated rings. The Labute approximate surface area is 103 Å². The summed E-state index contributed by atoms with van der Waals surface area (Å²) in [6, 6.07) is 7.91. The van der Waals surface area contributed by atoms with Crippen LogP contribution in [0.1, 0.15) is 30.2 Å². The average molecular weight is 281 g/mol. The van der Waals surface area contributed by atoms with Crippen LogP contribution in [0.3, 0.4) is 0 Å². The van der Waals surface area contributed by atoms with Gasteiger partial charge < -0.3 is 10.2 Å². The lowest BCUT2D eigenvalue weighted by atomic mass is 10.1. The highest BCUT2D eigenvalue weighted by Crippen LogP contribution is 2.20. The molecule has 3 nitrogen and oxygen atoms in total. The predicted octanol–water partition coefficient (Wildman–Crippen LogP) is 3.05. The van der Waals surface area contributed by atoms with E-state index in [0.29, 0.717) is 12.3 Å². The van der Waals surface area contributed by atoms with E-state index in [1.165, 1.54) is 0 Å². The molecule has 1 aromatic carbocycles. The molecule has 1 heterocycles. The molecular formula is C12H13BrN2O. The Morgan fingerprint density at radius 3 is 2.81 bits per heavy atom. The normalized spacial score (nSPS) is 12.7. The summed E-state index contributed by atoms with van der Waals surface area (Å²) in [5.41, 5.74) is 6.86. The van der Waals surface area contributed by atoms with E-state index in [2.05, 4.69) is 20.9 Å². The second kappa shape index (κ2) is 4.80. The molecule has 0 amide bonds. The summed E-state index contributed by atoms with van der Waals surface area (Å²) >= 11 is 3.50. The Morgan fingerprint density at radius 2 is 2.19 bits per heavy atom. The van der Waals surface area contributed by atoms with E-state index in [4.69, 9.17) is 10.2 Å². The molecule has 0 radical (unpaired) electrons. The van der Waals surface area contributed by atoms with Gasteiger partial charge in [-0.05, 0) is 18.6 Å². The molecule has 16 heavy (non-hydrogen) atoms. The second-order valence-corrected chi connectivity index (χ2v) is 4.57. The fourth-order valence-corrected chi connectivity index (χ4v) is 1.85. The zero-order valence-electron chi connectivity index (χ0n) is 8.98. The Balaban J connectivity index is 2.18. The molecule has 0 saturated heterocycles. The van der Waals surface area contributed by atoms with Crippen LogP contribution in [0.4, 0.5) is 0 Å². The topological polar surface area (TPSA) is 52.0 Å². The molecule has 1 unspecified atom stereocenters. The lowest BCUT2D eigenvalue weighted by molar-refractivity contribution is 0.441. The Hall–Kier alpha value is -1.13. The number of nitrogens with zero attached hydrogens (tertiary/aromatic N) is 1. The van der Waals surface area contributed by atoms with Gasteiger partial charge in [0.25, 0.3) is 0 Å². The predicted molar refractivity (Wildman–Crippen MR) is 66.1 cm³/mol.